The number of ether oxygens (including phenoxy) is 1. The second kappa shape index (κ2) is 10.1. The van der Waals surface area contributed by atoms with Crippen LogP contribution in [-0.2, 0) is 27.2 Å². The van der Waals surface area contributed by atoms with Crippen molar-refractivity contribution in [3.05, 3.63) is 63.6 Å². The van der Waals surface area contributed by atoms with Gasteiger partial charge in [-0.25, -0.2) is 4.79 Å². The van der Waals surface area contributed by atoms with Gasteiger partial charge in [0.05, 0.1) is 22.7 Å². The van der Waals surface area contributed by atoms with Gasteiger partial charge in [0.25, 0.3) is 0 Å². The van der Waals surface area contributed by atoms with Gasteiger partial charge in [0.2, 0.25) is 5.91 Å². The fourth-order valence-corrected chi connectivity index (χ4v) is 3.78. The second-order valence-corrected chi connectivity index (χ2v) is 7.86. The summed E-state index contributed by atoms with van der Waals surface area (Å²) in [7, 11) is 4.30. The second-order valence-electron chi connectivity index (χ2n) is 6.25. The molecule has 2 aromatic rings. The van der Waals surface area contributed by atoms with Crippen LogP contribution in [0.4, 0.5) is 5.69 Å². The first-order valence-electron chi connectivity index (χ1n) is 8.38. The zero-order chi connectivity index (χ0) is 21.7. The fraction of sp³-hybridized carbons (Fsp3) is 0.263. The molecule has 0 aliphatic rings. The molecule has 0 saturated heterocycles. The van der Waals surface area contributed by atoms with E-state index in [1.165, 1.54) is 50.4 Å². The molecule has 0 saturated carbocycles. The number of methoxy groups -OCH3 is 1. The molecular weight excluding hydrogens is 439 g/mol. The highest BCUT2D eigenvalue weighted by molar-refractivity contribution is 7.80. The molecule has 0 radical (unpaired) electrons. The molecular formula is C19H19Cl2N2O5S-. The molecule has 0 aliphatic carbocycles. The third-order valence-corrected chi connectivity index (χ3v) is 5.80. The number of hydrogen-bond acceptors (Lipinski definition) is 5. The van der Waals surface area contributed by atoms with Crippen molar-refractivity contribution >= 4 is 52.0 Å². The highest BCUT2D eigenvalue weighted by Gasteiger charge is 2.30. The number of amides is 1. The van der Waals surface area contributed by atoms with E-state index in [0.29, 0.717) is 10.6 Å². The van der Waals surface area contributed by atoms with Crippen molar-refractivity contribution in [1.29, 1.82) is 0 Å². The van der Waals surface area contributed by atoms with Crippen molar-refractivity contribution in [3.63, 3.8) is 0 Å². The van der Waals surface area contributed by atoms with Crippen LogP contribution in [0.3, 0.4) is 0 Å². The number of carbonyl (C=O) groups excluding carboxylic acids is 2. The maximum atomic E-state index is 12.8. The molecule has 2 atom stereocenters. The molecule has 7 nitrogen and oxygen atoms in total. The SMILES string of the molecule is COC(=O)c1ccc(N(C(Cc2cccc(Cl)c2Cl)C(=O)N(C)C)S(=O)[O-])cc1. The van der Waals surface area contributed by atoms with Gasteiger partial charge in [-0.15, -0.1) is 0 Å². The minimum atomic E-state index is -2.78. The largest absolute Gasteiger partial charge is 0.755 e. The first-order valence-corrected chi connectivity index (χ1v) is 10.2. The third-order valence-electron chi connectivity index (χ3n) is 4.16. The van der Waals surface area contributed by atoms with Crippen LogP contribution < -0.4 is 4.31 Å². The lowest BCUT2D eigenvalue weighted by Gasteiger charge is -2.35. The lowest BCUT2D eigenvalue weighted by atomic mass is 10.0. The number of esters is 1. The molecule has 0 heterocycles. The predicted octanol–water partition coefficient (Wildman–Crippen LogP) is 3.08. The Balaban J connectivity index is 2.49. The molecule has 156 valence electrons. The Morgan fingerprint density at radius 2 is 1.76 bits per heavy atom. The first-order chi connectivity index (χ1) is 13.7. The number of carbonyl (C=O) groups is 2. The number of likely N-dealkylation sites (N-methyl/N-ethyl adjacent to an activating group) is 1. The molecule has 0 spiro atoms. The Hall–Kier alpha value is -2.13. The molecule has 0 fully saturated rings. The van der Waals surface area contributed by atoms with E-state index in [1.54, 1.807) is 18.2 Å². The summed E-state index contributed by atoms with van der Waals surface area (Å²) in [5.74, 6) is -1.000. The first kappa shape index (κ1) is 23.2. The summed E-state index contributed by atoms with van der Waals surface area (Å²) in [6.07, 6.45) is 0.00311. The number of halogens is 2. The Bertz CT molecular complexity index is 921. The molecule has 0 aliphatic heterocycles. The highest BCUT2D eigenvalue weighted by atomic mass is 35.5. The van der Waals surface area contributed by atoms with Crippen LogP contribution in [0.1, 0.15) is 15.9 Å². The van der Waals surface area contributed by atoms with E-state index in [2.05, 4.69) is 4.74 Å². The molecule has 0 N–H and O–H groups in total. The molecule has 0 aromatic heterocycles. The van der Waals surface area contributed by atoms with E-state index in [1.807, 2.05) is 0 Å². The van der Waals surface area contributed by atoms with Gasteiger partial charge >= 0.3 is 5.97 Å². The normalized spacial score (nSPS) is 12.8. The van der Waals surface area contributed by atoms with Crippen molar-refractivity contribution in [2.24, 2.45) is 0 Å². The zero-order valence-corrected chi connectivity index (χ0v) is 18.3. The summed E-state index contributed by atoms with van der Waals surface area (Å²) in [5.41, 5.74) is 0.992. The molecule has 29 heavy (non-hydrogen) atoms. The van der Waals surface area contributed by atoms with Crippen LogP contribution in [0.2, 0.25) is 10.0 Å². The third kappa shape index (κ3) is 5.48. The topological polar surface area (TPSA) is 90.0 Å². The Morgan fingerprint density at radius 1 is 1.14 bits per heavy atom. The van der Waals surface area contributed by atoms with E-state index < -0.39 is 29.2 Å². The van der Waals surface area contributed by atoms with Crippen molar-refractivity contribution in [2.75, 3.05) is 25.5 Å². The van der Waals surface area contributed by atoms with Crippen LogP contribution in [0.25, 0.3) is 0 Å². The monoisotopic (exact) mass is 457 g/mol. The maximum Gasteiger partial charge on any atom is 0.337 e. The average molecular weight is 458 g/mol. The maximum absolute atomic E-state index is 12.8. The van der Waals surface area contributed by atoms with E-state index in [-0.39, 0.29) is 22.7 Å². The molecule has 2 rings (SSSR count). The van der Waals surface area contributed by atoms with Crippen molar-refractivity contribution in [1.82, 2.24) is 4.90 Å². The molecule has 2 unspecified atom stereocenters. The van der Waals surface area contributed by atoms with Crippen LogP contribution >= 0.6 is 23.2 Å². The van der Waals surface area contributed by atoms with Gasteiger partial charge in [-0.3, -0.25) is 13.3 Å². The summed E-state index contributed by atoms with van der Waals surface area (Å²) in [6.45, 7) is 0. The van der Waals surface area contributed by atoms with Gasteiger partial charge in [-0.1, -0.05) is 35.3 Å². The van der Waals surface area contributed by atoms with Gasteiger partial charge in [0, 0.05) is 37.5 Å². The average Bonchev–Trinajstić information content (AvgIpc) is 2.69. The smallest absolute Gasteiger partial charge is 0.337 e. The number of nitrogens with zero attached hydrogens (tertiary/aromatic N) is 2. The predicted molar refractivity (Wildman–Crippen MR) is 112 cm³/mol. The van der Waals surface area contributed by atoms with Crippen LogP contribution in [0.5, 0.6) is 0 Å². The number of anilines is 1. The Morgan fingerprint density at radius 3 is 2.28 bits per heavy atom. The van der Waals surface area contributed by atoms with Gasteiger partial charge in [-0.2, -0.15) is 0 Å². The molecule has 10 heteroatoms. The number of benzene rings is 2. The van der Waals surface area contributed by atoms with Gasteiger partial charge in [0.1, 0.15) is 6.04 Å². The fourth-order valence-electron chi connectivity index (χ4n) is 2.72. The van der Waals surface area contributed by atoms with E-state index in [9.17, 15) is 18.4 Å². The Kier molecular flexibility index (Phi) is 8.04. The minimum Gasteiger partial charge on any atom is -0.755 e. The van der Waals surface area contributed by atoms with Crippen LogP contribution in [0, 0.1) is 0 Å². The number of hydrogen-bond donors (Lipinski definition) is 0. The van der Waals surface area contributed by atoms with Crippen LogP contribution in [-0.4, -0.2) is 52.8 Å². The van der Waals surface area contributed by atoms with Crippen LogP contribution in [0.15, 0.2) is 42.5 Å². The van der Waals surface area contributed by atoms with Gasteiger partial charge in [0.15, 0.2) is 0 Å². The quantitative estimate of drug-likeness (QED) is 0.470. The molecule has 0 bridgehead atoms. The van der Waals surface area contributed by atoms with Gasteiger partial charge < -0.3 is 14.2 Å². The molecule has 2 aromatic carbocycles. The molecule has 1 amide bonds. The standard InChI is InChI=1S/C19H20Cl2N2O5S/c1-22(2)18(24)16(11-13-5-4-6-15(20)17(13)21)23(29(26)27)14-9-7-12(8-10-14)19(25)28-3/h4-10,16H,11H2,1-3H3,(H,26,27)/p-1. The van der Waals surface area contributed by atoms with Crippen molar-refractivity contribution in [2.45, 2.75) is 12.5 Å². The highest BCUT2D eigenvalue weighted by Crippen LogP contribution is 2.29. The summed E-state index contributed by atoms with van der Waals surface area (Å²) in [6, 6.07) is 9.54. The van der Waals surface area contributed by atoms with E-state index >= 15 is 0 Å². The lowest BCUT2D eigenvalue weighted by Crippen LogP contribution is -2.48. The van der Waals surface area contributed by atoms with Crippen molar-refractivity contribution < 1.29 is 23.1 Å². The van der Waals surface area contributed by atoms with E-state index in [4.69, 9.17) is 23.2 Å². The summed E-state index contributed by atoms with van der Waals surface area (Å²) in [4.78, 5) is 25.8. The van der Waals surface area contributed by atoms with Crippen molar-refractivity contribution in [3.8, 4) is 0 Å². The van der Waals surface area contributed by atoms with E-state index in [0.717, 1.165) is 4.31 Å². The minimum absolute atomic E-state index is 0.00311. The Labute approximate surface area is 181 Å². The summed E-state index contributed by atoms with van der Waals surface area (Å²) >= 11 is 9.51. The summed E-state index contributed by atoms with van der Waals surface area (Å²) < 4.78 is 29.8. The summed E-state index contributed by atoms with van der Waals surface area (Å²) in [5, 5.41) is 0.556. The lowest BCUT2D eigenvalue weighted by molar-refractivity contribution is -0.129. The zero-order valence-electron chi connectivity index (χ0n) is 15.9. The van der Waals surface area contributed by atoms with Gasteiger partial charge in [-0.05, 0) is 35.9 Å². The number of rotatable bonds is 7.